The van der Waals surface area contributed by atoms with Crippen molar-refractivity contribution in [3.63, 3.8) is 0 Å². The quantitative estimate of drug-likeness (QED) is 0.205. The molecule has 0 radical (unpaired) electrons. The molecule has 8 heteroatoms. The summed E-state index contributed by atoms with van der Waals surface area (Å²) in [6, 6.07) is 14.3. The highest BCUT2D eigenvalue weighted by atomic mass is 127. The van der Waals surface area contributed by atoms with Gasteiger partial charge in [-0.15, -0.1) is 24.0 Å². The third kappa shape index (κ3) is 5.56. The third-order valence-corrected chi connectivity index (χ3v) is 4.84. The standard InChI is InChI=1S/C22H27N5O2.HI/c1-2-23-22(25-12-10-17-8-9-20-21(14-17)29-16-28-20)24-11-5-13-27-15-26-18-6-3-4-7-19(18)27;/h3-4,6-9,14-15H,2,5,10-13,16H2,1H3,(H2,23,24,25);1H. The smallest absolute Gasteiger partial charge is 0.231 e. The van der Waals surface area contributed by atoms with Crippen molar-refractivity contribution in [2.45, 2.75) is 26.3 Å². The average Bonchev–Trinajstić information content (AvgIpc) is 3.37. The second-order valence-electron chi connectivity index (χ2n) is 6.91. The zero-order chi connectivity index (χ0) is 19.9. The van der Waals surface area contributed by atoms with Crippen molar-refractivity contribution in [1.29, 1.82) is 0 Å². The Kier molecular flexibility index (Phi) is 8.18. The number of rotatable bonds is 8. The van der Waals surface area contributed by atoms with E-state index in [1.807, 2.05) is 36.7 Å². The van der Waals surface area contributed by atoms with Crippen LogP contribution in [0.15, 0.2) is 53.8 Å². The Hall–Kier alpha value is -2.49. The van der Waals surface area contributed by atoms with Gasteiger partial charge in [-0.05, 0) is 49.6 Å². The summed E-state index contributed by atoms with van der Waals surface area (Å²) >= 11 is 0. The molecular weight excluding hydrogens is 493 g/mol. The van der Waals surface area contributed by atoms with Crippen molar-refractivity contribution < 1.29 is 9.47 Å². The molecule has 4 rings (SSSR count). The molecule has 0 unspecified atom stereocenters. The van der Waals surface area contributed by atoms with Gasteiger partial charge in [-0.1, -0.05) is 18.2 Å². The molecule has 160 valence electrons. The van der Waals surface area contributed by atoms with Crippen LogP contribution in [0.2, 0.25) is 0 Å². The van der Waals surface area contributed by atoms with Crippen LogP contribution in [0.4, 0.5) is 0 Å². The monoisotopic (exact) mass is 521 g/mol. The van der Waals surface area contributed by atoms with Gasteiger partial charge in [0.25, 0.3) is 0 Å². The summed E-state index contributed by atoms with van der Waals surface area (Å²) in [6.07, 6.45) is 3.75. The summed E-state index contributed by atoms with van der Waals surface area (Å²) in [5.41, 5.74) is 3.42. The van der Waals surface area contributed by atoms with E-state index in [4.69, 9.17) is 14.5 Å². The van der Waals surface area contributed by atoms with Crippen LogP contribution in [0, 0.1) is 0 Å². The van der Waals surface area contributed by atoms with Crippen molar-refractivity contribution >= 4 is 41.0 Å². The van der Waals surface area contributed by atoms with Crippen LogP contribution in [0.25, 0.3) is 11.0 Å². The second kappa shape index (κ2) is 11.1. The molecule has 0 atom stereocenters. The first-order valence-electron chi connectivity index (χ1n) is 10.1. The molecule has 1 aliphatic heterocycles. The van der Waals surface area contributed by atoms with Gasteiger partial charge >= 0.3 is 0 Å². The van der Waals surface area contributed by atoms with E-state index in [0.717, 1.165) is 62.0 Å². The van der Waals surface area contributed by atoms with Crippen LogP contribution in [0.3, 0.4) is 0 Å². The highest BCUT2D eigenvalue weighted by Crippen LogP contribution is 2.32. The first-order chi connectivity index (χ1) is 14.3. The van der Waals surface area contributed by atoms with E-state index in [1.165, 1.54) is 11.1 Å². The van der Waals surface area contributed by atoms with Crippen LogP contribution in [-0.4, -0.2) is 41.9 Å². The fourth-order valence-electron chi connectivity index (χ4n) is 3.38. The molecule has 0 saturated carbocycles. The fraction of sp³-hybridized carbons (Fsp3) is 0.364. The molecule has 0 saturated heterocycles. The number of imidazole rings is 1. The van der Waals surface area contributed by atoms with Gasteiger partial charge < -0.3 is 24.7 Å². The number of halogens is 1. The van der Waals surface area contributed by atoms with Gasteiger partial charge in [-0.2, -0.15) is 0 Å². The molecule has 0 spiro atoms. The third-order valence-electron chi connectivity index (χ3n) is 4.84. The molecular formula is C22H28IN5O2. The Morgan fingerprint density at radius 1 is 1.13 bits per heavy atom. The number of benzene rings is 2. The maximum Gasteiger partial charge on any atom is 0.231 e. The minimum absolute atomic E-state index is 0. The van der Waals surface area contributed by atoms with Gasteiger partial charge in [0, 0.05) is 26.2 Å². The predicted octanol–water partition coefficient (Wildman–Crippen LogP) is 3.57. The minimum atomic E-state index is 0. The number of guanidine groups is 1. The largest absolute Gasteiger partial charge is 0.454 e. The second-order valence-corrected chi connectivity index (χ2v) is 6.91. The van der Waals surface area contributed by atoms with E-state index in [9.17, 15) is 0 Å². The molecule has 0 fully saturated rings. The van der Waals surface area contributed by atoms with Crippen LogP contribution >= 0.6 is 24.0 Å². The van der Waals surface area contributed by atoms with Crippen molar-refractivity contribution in [3.05, 3.63) is 54.4 Å². The van der Waals surface area contributed by atoms with Crippen molar-refractivity contribution in [2.75, 3.05) is 26.4 Å². The number of para-hydroxylation sites is 2. The SMILES string of the molecule is CCNC(=NCCCn1cnc2ccccc21)NCCc1ccc2c(c1)OCO2.I. The Labute approximate surface area is 193 Å². The van der Waals surface area contributed by atoms with Crippen LogP contribution < -0.4 is 20.1 Å². The maximum atomic E-state index is 5.44. The number of aromatic nitrogens is 2. The molecule has 1 aliphatic rings. The summed E-state index contributed by atoms with van der Waals surface area (Å²) in [5, 5.41) is 6.72. The van der Waals surface area contributed by atoms with Gasteiger partial charge in [-0.3, -0.25) is 4.99 Å². The molecule has 2 aromatic carbocycles. The van der Waals surface area contributed by atoms with Gasteiger partial charge in [0.15, 0.2) is 17.5 Å². The normalized spacial score (nSPS) is 12.6. The number of aliphatic imine (C=N–C) groups is 1. The first kappa shape index (κ1) is 22.2. The highest BCUT2D eigenvalue weighted by Gasteiger charge is 2.12. The van der Waals surface area contributed by atoms with Gasteiger partial charge in [0.05, 0.1) is 17.4 Å². The topological polar surface area (TPSA) is 72.7 Å². The molecule has 0 aliphatic carbocycles. The minimum Gasteiger partial charge on any atom is -0.454 e. The summed E-state index contributed by atoms with van der Waals surface area (Å²) in [5.74, 6) is 2.50. The molecule has 3 aromatic rings. The Morgan fingerprint density at radius 2 is 2.00 bits per heavy atom. The molecule has 0 amide bonds. The number of fused-ring (bicyclic) bond motifs is 2. The number of nitrogens with zero attached hydrogens (tertiary/aromatic N) is 3. The zero-order valence-corrected chi connectivity index (χ0v) is 19.5. The number of hydrogen-bond acceptors (Lipinski definition) is 4. The number of ether oxygens (including phenoxy) is 2. The number of hydrogen-bond donors (Lipinski definition) is 2. The highest BCUT2D eigenvalue weighted by molar-refractivity contribution is 14.0. The summed E-state index contributed by atoms with van der Waals surface area (Å²) < 4.78 is 13.0. The van der Waals surface area contributed by atoms with Crippen molar-refractivity contribution in [2.24, 2.45) is 4.99 Å². The molecule has 1 aromatic heterocycles. The van der Waals surface area contributed by atoms with Gasteiger partial charge in [0.1, 0.15) is 0 Å². The van der Waals surface area contributed by atoms with Crippen LogP contribution in [0.5, 0.6) is 11.5 Å². The Balaban J connectivity index is 0.00000256. The maximum absolute atomic E-state index is 5.44. The van der Waals surface area contributed by atoms with E-state index >= 15 is 0 Å². The lowest BCUT2D eigenvalue weighted by atomic mass is 10.1. The lowest BCUT2D eigenvalue weighted by Gasteiger charge is -2.11. The molecule has 7 nitrogen and oxygen atoms in total. The summed E-state index contributed by atoms with van der Waals surface area (Å²) in [4.78, 5) is 9.14. The van der Waals surface area contributed by atoms with Crippen molar-refractivity contribution in [1.82, 2.24) is 20.2 Å². The van der Waals surface area contributed by atoms with E-state index < -0.39 is 0 Å². The van der Waals surface area contributed by atoms with E-state index in [-0.39, 0.29) is 24.0 Å². The zero-order valence-electron chi connectivity index (χ0n) is 17.1. The van der Waals surface area contributed by atoms with E-state index in [1.54, 1.807) is 0 Å². The number of aryl methyl sites for hydroxylation is 1. The molecule has 30 heavy (non-hydrogen) atoms. The number of nitrogens with one attached hydrogen (secondary N) is 2. The Morgan fingerprint density at radius 3 is 2.90 bits per heavy atom. The van der Waals surface area contributed by atoms with Crippen LogP contribution in [0.1, 0.15) is 18.9 Å². The van der Waals surface area contributed by atoms with E-state index in [0.29, 0.717) is 6.79 Å². The molecule has 2 heterocycles. The fourth-order valence-corrected chi connectivity index (χ4v) is 3.38. The molecule has 0 bridgehead atoms. The van der Waals surface area contributed by atoms with Gasteiger partial charge in [-0.25, -0.2) is 4.98 Å². The molecule has 2 N–H and O–H groups in total. The van der Waals surface area contributed by atoms with E-state index in [2.05, 4.69) is 39.2 Å². The predicted molar refractivity (Wildman–Crippen MR) is 130 cm³/mol. The first-order valence-corrected chi connectivity index (χ1v) is 10.1. The lowest BCUT2D eigenvalue weighted by Crippen LogP contribution is -2.38. The summed E-state index contributed by atoms with van der Waals surface area (Å²) in [7, 11) is 0. The average molecular weight is 521 g/mol. The lowest BCUT2D eigenvalue weighted by molar-refractivity contribution is 0.174. The van der Waals surface area contributed by atoms with Gasteiger partial charge in [0.2, 0.25) is 6.79 Å². The van der Waals surface area contributed by atoms with Crippen molar-refractivity contribution in [3.8, 4) is 11.5 Å². The van der Waals surface area contributed by atoms with Crippen LogP contribution in [-0.2, 0) is 13.0 Å². The summed E-state index contributed by atoms with van der Waals surface area (Å²) in [6.45, 7) is 5.68. The Bertz CT molecular complexity index is 989.